The highest BCUT2D eigenvalue weighted by Gasteiger charge is 2.15. The molecule has 1 N–H and O–H groups in total. The molecule has 0 saturated carbocycles. The summed E-state index contributed by atoms with van der Waals surface area (Å²) >= 11 is 2.60. The minimum Gasteiger partial charge on any atom is -0.323 e. The van der Waals surface area contributed by atoms with Gasteiger partial charge in [0.15, 0.2) is 5.16 Å². The molecule has 8 heteroatoms. The molecular formula is C19H19N5OS2. The molecule has 0 bridgehead atoms. The molecular weight excluding hydrogens is 378 g/mol. The van der Waals surface area contributed by atoms with E-state index < -0.39 is 0 Å². The number of imidazole rings is 1. The van der Waals surface area contributed by atoms with Gasteiger partial charge in [0.1, 0.15) is 11.0 Å². The van der Waals surface area contributed by atoms with Crippen molar-refractivity contribution in [1.82, 2.24) is 18.3 Å². The first-order valence-electron chi connectivity index (χ1n) is 8.71. The van der Waals surface area contributed by atoms with E-state index >= 15 is 0 Å². The highest BCUT2D eigenvalue weighted by Crippen LogP contribution is 2.26. The lowest BCUT2D eigenvalue weighted by Gasteiger charge is -2.11. The van der Waals surface area contributed by atoms with Crippen LogP contribution in [0.5, 0.6) is 0 Å². The number of aromatic nitrogens is 4. The molecule has 0 aliphatic carbocycles. The maximum atomic E-state index is 12.5. The lowest BCUT2D eigenvalue weighted by molar-refractivity contribution is -0.113. The third kappa shape index (κ3) is 3.81. The van der Waals surface area contributed by atoms with Crippen molar-refractivity contribution in [2.45, 2.75) is 25.5 Å². The molecule has 0 aliphatic heterocycles. The molecule has 27 heavy (non-hydrogen) atoms. The standard InChI is InChI=1S/C19H19N5OS2/c1-12(2)10-24-16-9-4-3-6-13(16)21-19(24)26-11-17(25)20-14-7-5-8-15-18(14)23-27-22-15/h3-9,12H,10-11H2,1-2H3,(H,20,25). The highest BCUT2D eigenvalue weighted by atomic mass is 32.2. The number of para-hydroxylation sites is 2. The van der Waals surface area contributed by atoms with E-state index in [4.69, 9.17) is 4.98 Å². The fourth-order valence-corrected chi connectivity index (χ4v) is 4.30. The van der Waals surface area contributed by atoms with Crippen molar-refractivity contribution in [3.05, 3.63) is 42.5 Å². The van der Waals surface area contributed by atoms with Gasteiger partial charge in [-0.2, -0.15) is 8.75 Å². The lowest BCUT2D eigenvalue weighted by atomic mass is 10.2. The van der Waals surface area contributed by atoms with Gasteiger partial charge in [-0.15, -0.1) is 0 Å². The van der Waals surface area contributed by atoms with Crippen molar-refractivity contribution in [2.24, 2.45) is 5.92 Å². The summed E-state index contributed by atoms with van der Waals surface area (Å²) in [6.45, 7) is 5.23. The molecule has 4 aromatic rings. The minimum atomic E-state index is -0.0800. The minimum absolute atomic E-state index is 0.0800. The van der Waals surface area contributed by atoms with Crippen LogP contribution in [0.3, 0.4) is 0 Å². The highest BCUT2D eigenvalue weighted by molar-refractivity contribution is 7.99. The van der Waals surface area contributed by atoms with Gasteiger partial charge in [-0.05, 0) is 30.2 Å². The molecule has 2 aromatic carbocycles. The van der Waals surface area contributed by atoms with Crippen LogP contribution in [0.2, 0.25) is 0 Å². The molecule has 0 saturated heterocycles. The molecule has 0 fully saturated rings. The van der Waals surface area contributed by atoms with E-state index in [1.54, 1.807) is 0 Å². The Hall–Kier alpha value is -2.45. The largest absolute Gasteiger partial charge is 0.323 e. The Morgan fingerprint density at radius 2 is 1.96 bits per heavy atom. The summed E-state index contributed by atoms with van der Waals surface area (Å²) in [4.78, 5) is 17.2. The van der Waals surface area contributed by atoms with Crippen molar-refractivity contribution < 1.29 is 4.79 Å². The van der Waals surface area contributed by atoms with E-state index in [1.807, 2.05) is 36.4 Å². The molecule has 2 heterocycles. The predicted octanol–water partition coefficient (Wildman–Crippen LogP) is 4.43. The Morgan fingerprint density at radius 1 is 1.15 bits per heavy atom. The second kappa shape index (κ2) is 7.66. The molecule has 138 valence electrons. The van der Waals surface area contributed by atoms with Gasteiger partial charge in [0.05, 0.1) is 34.2 Å². The Kier molecular flexibility index (Phi) is 5.09. The zero-order valence-electron chi connectivity index (χ0n) is 15.0. The summed E-state index contributed by atoms with van der Waals surface area (Å²) in [6, 6.07) is 13.7. The Bertz CT molecular complexity index is 1100. The Balaban J connectivity index is 1.51. The summed E-state index contributed by atoms with van der Waals surface area (Å²) in [6.07, 6.45) is 0. The van der Waals surface area contributed by atoms with E-state index in [-0.39, 0.29) is 11.7 Å². The first kappa shape index (κ1) is 17.9. The first-order valence-corrected chi connectivity index (χ1v) is 10.4. The Labute approximate surface area is 165 Å². The maximum absolute atomic E-state index is 12.5. The van der Waals surface area contributed by atoms with E-state index in [9.17, 15) is 4.79 Å². The number of hydrogen-bond acceptors (Lipinski definition) is 6. The maximum Gasteiger partial charge on any atom is 0.234 e. The van der Waals surface area contributed by atoms with Crippen molar-refractivity contribution >= 4 is 57.2 Å². The van der Waals surface area contributed by atoms with E-state index in [0.717, 1.165) is 45.5 Å². The second-order valence-corrected chi connectivity index (χ2v) is 8.13. The van der Waals surface area contributed by atoms with Gasteiger partial charge in [0.25, 0.3) is 0 Å². The van der Waals surface area contributed by atoms with Crippen molar-refractivity contribution in [3.8, 4) is 0 Å². The van der Waals surface area contributed by atoms with Crippen LogP contribution in [-0.2, 0) is 11.3 Å². The number of fused-ring (bicyclic) bond motifs is 2. The molecule has 0 unspecified atom stereocenters. The number of nitrogens with zero attached hydrogens (tertiary/aromatic N) is 4. The first-order chi connectivity index (χ1) is 13.1. The SMILES string of the molecule is CC(C)Cn1c(SCC(=O)Nc2cccc3nsnc23)nc2ccccc21. The summed E-state index contributed by atoms with van der Waals surface area (Å²) in [5.41, 5.74) is 4.28. The molecule has 2 aromatic heterocycles. The van der Waals surface area contributed by atoms with Crippen LogP contribution in [0.15, 0.2) is 47.6 Å². The summed E-state index contributed by atoms with van der Waals surface area (Å²) in [5, 5.41) is 3.81. The summed E-state index contributed by atoms with van der Waals surface area (Å²) in [7, 11) is 0. The Morgan fingerprint density at radius 3 is 2.81 bits per heavy atom. The molecule has 1 amide bonds. The number of rotatable bonds is 6. The number of carbonyl (C=O) groups excluding carboxylic acids is 1. The molecule has 0 atom stereocenters. The smallest absolute Gasteiger partial charge is 0.234 e. The van der Waals surface area contributed by atoms with Gasteiger partial charge in [-0.1, -0.05) is 43.8 Å². The van der Waals surface area contributed by atoms with Crippen LogP contribution in [0.1, 0.15) is 13.8 Å². The molecule has 4 rings (SSSR count). The molecule has 0 spiro atoms. The average Bonchev–Trinajstić information content (AvgIpc) is 3.25. The zero-order valence-corrected chi connectivity index (χ0v) is 16.7. The average molecular weight is 398 g/mol. The van der Waals surface area contributed by atoms with Crippen LogP contribution in [0, 0.1) is 5.92 Å². The van der Waals surface area contributed by atoms with E-state index in [1.165, 1.54) is 11.8 Å². The van der Waals surface area contributed by atoms with Crippen LogP contribution in [-0.4, -0.2) is 30.0 Å². The van der Waals surface area contributed by atoms with E-state index in [0.29, 0.717) is 11.6 Å². The number of hydrogen-bond donors (Lipinski definition) is 1. The topological polar surface area (TPSA) is 72.7 Å². The summed E-state index contributed by atoms with van der Waals surface area (Å²) in [5.74, 6) is 0.698. The molecule has 6 nitrogen and oxygen atoms in total. The quantitative estimate of drug-likeness (QED) is 0.487. The van der Waals surface area contributed by atoms with Gasteiger partial charge in [0, 0.05) is 6.54 Å². The number of benzene rings is 2. The van der Waals surface area contributed by atoms with Crippen LogP contribution < -0.4 is 5.32 Å². The van der Waals surface area contributed by atoms with Crippen LogP contribution in [0.25, 0.3) is 22.1 Å². The monoisotopic (exact) mass is 397 g/mol. The summed E-state index contributed by atoms with van der Waals surface area (Å²) < 4.78 is 10.7. The van der Waals surface area contributed by atoms with Crippen molar-refractivity contribution in [2.75, 3.05) is 11.1 Å². The third-order valence-electron chi connectivity index (χ3n) is 4.06. The van der Waals surface area contributed by atoms with Gasteiger partial charge in [-0.3, -0.25) is 4.79 Å². The second-order valence-electron chi connectivity index (χ2n) is 6.66. The normalized spacial score (nSPS) is 11.5. The van der Waals surface area contributed by atoms with Crippen LogP contribution in [0.4, 0.5) is 5.69 Å². The van der Waals surface area contributed by atoms with E-state index in [2.05, 4.69) is 38.5 Å². The number of carbonyl (C=O) groups is 1. The van der Waals surface area contributed by atoms with Gasteiger partial charge < -0.3 is 9.88 Å². The van der Waals surface area contributed by atoms with Crippen LogP contribution >= 0.6 is 23.5 Å². The fourth-order valence-electron chi connectivity index (χ4n) is 2.93. The number of amides is 1. The lowest BCUT2D eigenvalue weighted by Crippen LogP contribution is -2.15. The number of thioether (sulfide) groups is 1. The number of nitrogens with one attached hydrogen (secondary N) is 1. The van der Waals surface area contributed by atoms with Crippen molar-refractivity contribution in [3.63, 3.8) is 0 Å². The van der Waals surface area contributed by atoms with Crippen molar-refractivity contribution in [1.29, 1.82) is 0 Å². The van der Waals surface area contributed by atoms with Gasteiger partial charge in [0.2, 0.25) is 5.91 Å². The third-order valence-corrected chi connectivity index (χ3v) is 5.58. The molecule has 0 aliphatic rings. The predicted molar refractivity (Wildman–Crippen MR) is 111 cm³/mol. The fraction of sp³-hybridized carbons (Fsp3) is 0.263. The van der Waals surface area contributed by atoms with Gasteiger partial charge >= 0.3 is 0 Å². The molecule has 0 radical (unpaired) electrons. The zero-order chi connectivity index (χ0) is 18.8. The van der Waals surface area contributed by atoms with Gasteiger partial charge in [-0.25, -0.2) is 4.98 Å². The number of anilines is 1.